The number of nitrogens with one attached hydrogen (secondary N) is 2. The maximum atomic E-state index is 12.6. The second-order valence-electron chi connectivity index (χ2n) is 6.50. The summed E-state index contributed by atoms with van der Waals surface area (Å²) in [5.74, 6) is 1.11. The van der Waals surface area contributed by atoms with Crippen LogP contribution in [0.3, 0.4) is 0 Å². The lowest BCUT2D eigenvalue weighted by molar-refractivity contribution is -0.143. The van der Waals surface area contributed by atoms with Crippen LogP contribution in [0.15, 0.2) is 0 Å². The van der Waals surface area contributed by atoms with Crippen molar-refractivity contribution < 1.29 is 9.59 Å². The third kappa shape index (κ3) is 4.19. The molecule has 120 valence electrons. The van der Waals surface area contributed by atoms with Gasteiger partial charge in [-0.15, -0.1) is 0 Å². The number of likely N-dealkylation sites (N-methyl/N-ethyl adjacent to an activating group) is 1. The quantitative estimate of drug-likeness (QED) is 0.817. The highest BCUT2D eigenvalue weighted by Crippen LogP contribution is 2.25. The Balaban J connectivity index is 1.92. The molecule has 2 aliphatic rings. The van der Waals surface area contributed by atoms with E-state index in [1.165, 1.54) is 12.8 Å². The van der Waals surface area contributed by atoms with E-state index in [0.29, 0.717) is 18.3 Å². The van der Waals surface area contributed by atoms with Gasteiger partial charge in [0.05, 0.1) is 0 Å². The van der Waals surface area contributed by atoms with Crippen LogP contribution >= 0.6 is 0 Å². The Kier molecular flexibility index (Phi) is 6.03. The van der Waals surface area contributed by atoms with Gasteiger partial charge < -0.3 is 15.5 Å². The number of rotatable bonds is 4. The van der Waals surface area contributed by atoms with Gasteiger partial charge in [0.2, 0.25) is 11.8 Å². The number of hydrogen-bond donors (Lipinski definition) is 2. The van der Waals surface area contributed by atoms with Crippen LogP contribution in [0.2, 0.25) is 0 Å². The summed E-state index contributed by atoms with van der Waals surface area (Å²) in [5.41, 5.74) is 0. The predicted molar refractivity (Wildman–Crippen MR) is 82.8 cm³/mol. The lowest BCUT2D eigenvalue weighted by Gasteiger charge is -2.36. The van der Waals surface area contributed by atoms with Crippen LogP contribution in [0.5, 0.6) is 0 Å². The highest BCUT2D eigenvalue weighted by molar-refractivity contribution is 5.87. The average molecular weight is 295 g/mol. The average Bonchev–Trinajstić information content (AvgIpc) is 2.54. The van der Waals surface area contributed by atoms with Crippen molar-refractivity contribution in [2.75, 3.05) is 26.7 Å². The van der Waals surface area contributed by atoms with Gasteiger partial charge in [0.25, 0.3) is 0 Å². The number of piperidine rings is 2. The van der Waals surface area contributed by atoms with Gasteiger partial charge >= 0.3 is 0 Å². The van der Waals surface area contributed by atoms with E-state index in [-0.39, 0.29) is 17.9 Å². The molecule has 0 bridgehead atoms. The van der Waals surface area contributed by atoms with Gasteiger partial charge in [0.1, 0.15) is 6.04 Å². The highest BCUT2D eigenvalue weighted by atomic mass is 16.2. The van der Waals surface area contributed by atoms with Gasteiger partial charge in [-0.2, -0.15) is 0 Å². The second kappa shape index (κ2) is 7.78. The molecule has 2 rings (SSSR count). The molecule has 0 aliphatic carbocycles. The zero-order valence-corrected chi connectivity index (χ0v) is 13.4. The fraction of sp³-hybridized carbons (Fsp3) is 0.875. The Bertz CT molecular complexity index is 367. The molecule has 2 heterocycles. The molecule has 0 aromatic heterocycles. The van der Waals surface area contributed by atoms with Crippen LogP contribution < -0.4 is 10.6 Å². The van der Waals surface area contributed by atoms with E-state index < -0.39 is 0 Å². The molecule has 0 radical (unpaired) electrons. The van der Waals surface area contributed by atoms with E-state index in [1.54, 1.807) is 7.05 Å². The number of likely N-dealkylation sites (tertiary alicyclic amines) is 1. The molecular formula is C16H29N3O2. The molecule has 2 saturated heterocycles. The topological polar surface area (TPSA) is 61.4 Å². The van der Waals surface area contributed by atoms with Crippen molar-refractivity contribution in [2.45, 2.75) is 51.5 Å². The van der Waals surface area contributed by atoms with Gasteiger partial charge in [-0.1, -0.05) is 6.92 Å². The summed E-state index contributed by atoms with van der Waals surface area (Å²) in [5, 5.41) is 6.11. The summed E-state index contributed by atoms with van der Waals surface area (Å²) in [6.45, 7) is 5.02. The molecular weight excluding hydrogens is 266 g/mol. The van der Waals surface area contributed by atoms with Crippen LogP contribution in [0.4, 0.5) is 0 Å². The van der Waals surface area contributed by atoms with Gasteiger partial charge in [0, 0.05) is 20.0 Å². The number of carbonyl (C=O) groups is 2. The fourth-order valence-corrected chi connectivity index (χ4v) is 3.59. The van der Waals surface area contributed by atoms with Crippen LogP contribution in [0.25, 0.3) is 0 Å². The standard InChI is InChI=1S/C16H29N3O2/c1-12(13-6-5-8-18-11-13)10-15(20)19-9-4-3-7-14(19)16(21)17-2/h12-14,18H,3-11H2,1-2H3,(H,17,21). The van der Waals surface area contributed by atoms with Crippen molar-refractivity contribution in [3.8, 4) is 0 Å². The molecule has 5 heteroatoms. The SMILES string of the molecule is CNC(=O)C1CCCCN1C(=O)CC(C)C1CCCNC1. The third-order valence-corrected chi connectivity index (χ3v) is 5.01. The van der Waals surface area contributed by atoms with Crippen molar-refractivity contribution in [1.29, 1.82) is 0 Å². The predicted octanol–water partition coefficient (Wildman–Crippen LogP) is 1.14. The summed E-state index contributed by atoms with van der Waals surface area (Å²) < 4.78 is 0. The Morgan fingerprint density at radius 2 is 2.10 bits per heavy atom. The van der Waals surface area contributed by atoms with Gasteiger partial charge in [-0.25, -0.2) is 0 Å². The van der Waals surface area contributed by atoms with Gasteiger partial charge in [-0.3, -0.25) is 9.59 Å². The molecule has 0 saturated carbocycles. The first-order valence-corrected chi connectivity index (χ1v) is 8.35. The lowest BCUT2D eigenvalue weighted by atomic mass is 9.85. The zero-order chi connectivity index (χ0) is 15.2. The second-order valence-corrected chi connectivity index (χ2v) is 6.50. The molecule has 5 nitrogen and oxygen atoms in total. The Morgan fingerprint density at radius 3 is 2.76 bits per heavy atom. The number of nitrogens with zero attached hydrogens (tertiary/aromatic N) is 1. The molecule has 2 fully saturated rings. The van der Waals surface area contributed by atoms with E-state index in [2.05, 4.69) is 17.6 Å². The Morgan fingerprint density at radius 1 is 1.29 bits per heavy atom. The van der Waals surface area contributed by atoms with Crippen molar-refractivity contribution in [2.24, 2.45) is 11.8 Å². The number of carbonyl (C=O) groups excluding carboxylic acids is 2. The summed E-state index contributed by atoms with van der Waals surface area (Å²) in [4.78, 5) is 26.4. The first-order valence-electron chi connectivity index (χ1n) is 8.35. The summed E-state index contributed by atoms with van der Waals surface area (Å²) in [6, 6.07) is -0.257. The van der Waals surface area contributed by atoms with E-state index in [9.17, 15) is 9.59 Å². The monoisotopic (exact) mass is 295 g/mol. The number of amides is 2. The Hall–Kier alpha value is -1.10. The highest BCUT2D eigenvalue weighted by Gasteiger charge is 2.33. The maximum Gasteiger partial charge on any atom is 0.242 e. The lowest BCUT2D eigenvalue weighted by Crippen LogP contribution is -2.51. The largest absolute Gasteiger partial charge is 0.357 e. The molecule has 2 N–H and O–H groups in total. The molecule has 2 aliphatic heterocycles. The third-order valence-electron chi connectivity index (χ3n) is 5.01. The minimum atomic E-state index is -0.257. The van der Waals surface area contributed by atoms with Gasteiger partial charge in [-0.05, 0) is 57.0 Å². The normalized spacial score (nSPS) is 28.0. The van der Waals surface area contributed by atoms with Crippen LogP contribution in [0, 0.1) is 11.8 Å². The molecule has 0 aromatic carbocycles. The van der Waals surface area contributed by atoms with Crippen molar-refractivity contribution in [3.63, 3.8) is 0 Å². The molecule has 0 aromatic rings. The molecule has 3 atom stereocenters. The molecule has 21 heavy (non-hydrogen) atoms. The zero-order valence-electron chi connectivity index (χ0n) is 13.4. The first-order chi connectivity index (χ1) is 10.1. The minimum absolute atomic E-state index is 0.0185. The van der Waals surface area contributed by atoms with E-state index in [4.69, 9.17) is 0 Å². The summed E-state index contributed by atoms with van der Waals surface area (Å²) >= 11 is 0. The molecule has 2 amide bonds. The summed E-state index contributed by atoms with van der Waals surface area (Å²) in [7, 11) is 1.65. The number of hydrogen-bond acceptors (Lipinski definition) is 3. The van der Waals surface area contributed by atoms with Crippen molar-refractivity contribution in [1.82, 2.24) is 15.5 Å². The van der Waals surface area contributed by atoms with Crippen LogP contribution in [0.1, 0.15) is 45.4 Å². The minimum Gasteiger partial charge on any atom is -0.357 e. The van der Waals surface area contributed by atoms with Crippen LogP contribution in [-0.2, 0) is 9.59 Å². The smallest absolute Gasteiger partial charge is 0.242 e. The van der Waals surface area contributed by atoms with Crippen molar-refractivity contribution in [3.05, 3.63) is 0 Å². The van der Waals surface area contributed by atoms with E-state index in [1.807, 2.05) is 4.90 Å². The fourth-order valence-electron chi connectivity index (χ4n) is 3.59. The molecule has 3 unspecified atom stereocenters. The molecule has 0 spiro atoms. The Labute approximate surface area is 127 Å². The van der Waals surface area contributed by atoms with E-state index >= 15 is 0 Å². The van der Waals surface area contributed by atoms with Gasteiger partial charge in [0.15, 0.2) is 0 Å². The summed E-state index contributed by atoms with van der Waals surface area (Å²) in [6.07, 6.45) is 5.82. The van der Waals surface area contributed by atoms with Crippen LogP contribution in [-0.4, -0.2) is 49.4 Å². The first kappa shape index (κ1) is 16.3. The maximum absolute atomic E-state index is 12.6. The van der Waals surface area contributed by atoms with E-state index in [0.717, 1.165) is 38.9 Å². The van der Waals surface area contributed by atoms with Crippen molar-refractivity contribution >= 4 is 11.8 Å².